The van der Waals surface area contributed by atoms with Crippen LogP contribution in [0.5, 0.6) is 0 Å². The van der Waals surface area contributed by atoms with Crippen LogP contribution in [0.15, 0.2) is 36.7 Å². The second kappa shape index (κ2) is 47.5. The third kappa shape index (κ3) is 22.0. The number of benzene rings is 1. The van der Waals surface area contributed by atoms with E-state index in [1.165, 1.54) is 36.7 Å². The molecule has 146 heavy (non-hydrogen) atoms. The second-order valence-electron chi connectivity index (χ2n) is 37.6. The molecule has 0 spiro atoms. The molecule has 64 nitrogen and oxygen atoms in total. The summed E-state index contributed by atoms with van der Waals surface area (Å²) in [5.74, 6) is 0. The Morgan fingerprint density at radius 3 is 0.445 bits per heavy atom. The number of aliphatic hydroxyl groups excluding tert-OH is 34. The van der Waals surface area contributed by atoms with Gasteiger partial charge in [0.15, 0.2) is 75.5 Å². The summed E-state index contributed by atoms with van der Waals surface area (Å²) in [5.41, 5.74) is 0.496. The summed E-state index contributed by atoms with van der Waals surface area (Å²) in [6.07, 6.45) is -124. The molecule has 44 aliphatic rings. The van der Waals surface area contributed by atoms with E-state index in [2.05, 4.69) is 20.6 Å². The van der Waals surface area contributed by atoms with Gasteiger partial charge in [-0.15, -0.1) is 10.2 Å². The van der Waals surface area contributed by atoms with E-state index < -0.39 is 448 Å². The van der Waals surface area contributed by atoms with Crippen LogP contribution in [0.4, 0.5) is 0 Å². The maximum Gasteiger partial charge on any atom is 0.187 e. The summed E-state index contributed by atoms with van der Waals surface area (Å²) in [7, 11) is 0. The molecule has 44 fully saturated rings. The first-order valence-corrected chi connectivity index (χ1v) is 46.9. The monoisotopic (exact) mass is 2120 g/mol. The lowest BCUT2D eigenvalue weighted by molar-refractivity contribution is -0.403. The molecule has 60 atom stereocenters. The molecular formula is C82H124N6O58. The van der Waals surface area contributed by atoms with E-state index in [0.717, 1.165) is 9.36 Å². The highest BCUT2D eigenvalue weighted by molar-refractivity contribution is 5.68. The summed E-state index contributed by atoms with van der Waals surface area (Å²) in [5, 5.41) is 406. The van der Waals surface area contributed by atoms with Crippen molar-refractivity contribution in [2.45, 2.75) is 382 Å². The Bertz CT molecular complexity index is 4310. The number of nitrogens with zero attached hydrogens (tertiary/aromatic N) is 6. The molecule has 44 aliphatic heterocycles. The van der Waals surface area contributed by atoms with E-state index in [4.69, 9.17) is 114 Å². The second-order valence-corrected chi connectivity index (χ2v) is 37.6. The van der Waals surface area contributed by atoms with Crippen LogP contribution in [0, 0.1) is 0 Å². The van der Waals surface area contributed by atoms with Gasteiger partial charge in [0.05, 0.1) is 91.6 Å². The smallest absolute Gasteiger partial charge is 0.187 e. The molecule has 64 heteroatoms. The van der Waals surface area contributed by atoms with Gasteiger partial charge in [-0.1, -0.05) is 28.6 Å². The van der Waals surface area contributed by atoms with Gasteiger partial charge in [0.25, 0.3) is 0 Å². The summed E-state index contributed by atoms with van der Waals surface area (Å²) in [6.45, 7) is -12.5. The van der Waals surface area contributed by atoms with E-state index >= 15 is 0 Å². The summed E-state index contributed by atoms with van der Waals surface area (Å²) < 4.78 is 144. The van der Waals surface area contributed by atoms with Crippen molar-refractivity contribution in [3.63, 3.8) is 0 Å². The lowest BCUT2D eigenvalue weighted by Crippen LogP contribution is -2.69. The summed E-state index contributed by atoms with van der Waals surface area (Å²) in [4.78, 5) is 0. The van der Waals surface area contributed by atoms with E-state index in [1.807, 2.05) is 0 Å². The van der Waals surface area contributed by atoms with Crippen LogP contribution in [-0.4, -0.2) is 638 Å². The van der Waals surface area contributed by atoms with Gasteiger partial charge in [-0.05, 0) is 6.07 Å². The first-order chi connectivity index (χ1) is 69.8. The molecule has 3 aromatic rings. The van der Waals surface area contributed by atoms with Gasteiger partial charge in [0, 0.05) is 11.1 Å². The van der Waals surface area contributed by atoms with Gasteiger partial charge in [-0.2, -0.15) is 0 Å². The van der Waals surface area contributed by atoms with Crippen molar-refractivity contribution in [1.82, 2.24) is 30.0 Å². The fourth-order valence-corrected chi connectivity index (χ4v) is 20.1. The summed E-state index contributed by atoms with van der Waals surface area (Å²) >= 11 is 0. The molecular weight excluding hydrogens is 2000 g/mol. The average molecular weight is 2120 g/mol. The molecule has 2 aromatic heterocycles. The average Bonchev–Trinajstić information content (AvgIpc) is 0.830. The van der Waals surface area contributed by atoms with Crippen LogP contribution in [-0.2, 0) is 127 Å². The first kappa shape index (κ1) is 112. The SMILES string of the molecule is OCC1OC2OC3C(CO)OC(OC4C(CO)OC(OC5C(Cn6cc(-c7cccc(-c8cn(CC9OC%10OC%11C(CO)OC(OC%12C(CO)OC(OC%13C(CO)OC(OC%14C(CO)OC(OC%15C(CO)OC(OC9C(O)C%10O)C(O)C%15O)C(O)C%14O)C(O)C%13O)C(O)C%12O)C(O)C%11O)nn8)c7)nn6)OC(OC6C(CO)OC(OC7C(CO)OC(OC1C(O)C2O)C(O)C7O)C(O)C6O)C(O)C5O)C(O)C4O)C(O)C3O. The topological polar surface area (TPSA) is 971 Å². The molecule has 0 radical (unpaired) electrons. The molecule has 830 valence electrons. The highest BCUT2D eigenvalue weighted by Gasteiger charge is 2.64. The number of hydrogen-bond donors (Lipinski definition) is 34. The molecule has 24 bridgehead atoms. The van der Waals surface area contributed by atoms with Crippen LogP contribution < -0.4 is 0 Å². The van der Waals surface area contributed by atoms with E-state index in [-0.39, 0.29) is 22.5 Å². The Morgan fingerprint density at radius 2 is 0.308 bits per heavy atom. The van der Waals surface area contributed by atoms with E-state index in [1.54, 1.807) is 0 Å². The molecule has 1 aromatic carbocycles. The Balaban J connectivity index is 0.637. The molecule has 46 heterocycles. The summed E-state index contributed by atoms with van der Waals surface area (Å²) in [6, 6.07) is 6.06. The lowest BCUT2D eigenvalue weighted by atomic mass is 9.94. The minimum atomic E-state index is -2.36. The standard InChI is InChI=1S/C82H124N6O58/c89-9-25-61-39(103)51(115)75(127-25)141-65-29(13-93)131-79(55(119)43(65)107)145-69-33(17-97)133-81(57(121)45(69)109)143-67-31(15-95)129-77(53(117)41(67)105)139-63-27(11-91)125-73(49(113)37(63)101)135-59-23(123-71(137-61)47(111)35(59)99)7-87-5-21(83-85-87)19-2-1-3-20(4-19)22-6-88(86-84-22)8-24-60-36(100)48(112)72(124-24)138-62-26(10-90)128-76(52(116)40(62)104)142-66-30(14-94)132-80(56(120)44(66)108)146-70-34(18-98)134-82(58(122)46(70)110)144-68-32(16-96)130-78(54(118)42(68)106)140-64-28(12-92)126-74(136-60)50(114)38(64)102/h1-6,23-82,89-122H,7-18H2. The van der Waals surface area contributed by atoms with Crippen molar-refractivity contribution < 1.29 is 287 Å². The molecule has 0 amide bonds. The van der Waals surface area contributed by atoms with Crippen molar-refractivity contribution in [3.05, 3.63) is 36.7 Å². The first-order valence-electron chi connectivity index (χ1n) is 46.9. The van der Waals surface area contributed by atoms with Crippen LogP contribution in [0.3, 0.4) is 0 Å². The van der Waals surface area contributed by atoms with Crippen molar-refractivity contribution in [2.75, 3.05) is 66.1 Å². The van der Waals surface area contributed by atoms with Crippen LogP contribution in [0.25, 0.3) is 22.5 Å². The third-order valence-corrected chi connectivity index (χ3v) is 28.2. The minimum Gasteiger partial charge on any atom is -0.394 e. The van der Waals surface area contributed by atoms with Crippen molar-refractivity contribution in [1.29, 1.82) is 0 Å². The van der Waals surface area contributed by atoms with Gasteiger partial charge >= 0.3 is 0 Å². The number of rotatable bonds is 16. The van der Waals surface area contributed by atoms with E-state index in [0.29, 0.717) is 0 Å². The van der Waals surface area contributed by atoms with Crippen LogP contribution >= 0.6 is 0 Å². The molecule has 0 aliphatic carbocycles. The maximum absolute atomic E-state index is 12.3. The molecule has 44 saturated heterocycles. The third-order valence-electron chi connectivity index (χ3n) is 28.2. The van der Waals surface area contributed by atoms with Gasteiger partial charge in [-0.25, -0.2) is 9.36 Å². The molecule has 60 unspecified atom stereocenters. The van der Waals surface area contributed by atoms with Gasteiger partial charge in [0.2, 0.25) is 0 Å². The molecule has 47 rings (SSSR count). The zero-order valence-corrected chi connectivity index (χ0v) is 76.3. The lowest BCUT2D eigenvalue weighted by Gasteiger charge is -2.50. The predicted octanol–water partition coefficient (Wildman–Crippen LogP) is -23.9. The zero-order chi connectivity index (χ0) is 105. The molecule has 34 N–H and O–H groups in total. The Kier molecular flexibility index (Phi) is 36.5. The van der Waals surface area contributed by atoms with Gasteiger partial charge in [-0.3, -0.25) is 0 Å². The van der Waals surface area contributed by atoms with Gasteiger partial charge in [0.1, 0.15) is 304 Å². The minimum absolute atomic E-state index is 0.0193. The van der Waals surface area contributed by atoms with Gasteiger partial charge < -0.3 is 287 Å². The number of hydrogen-bond acceptors (Lipinski definition) is 62. The Hall–Kier alpha value is -4.82. The fraction of sp³-hybridized carbons (Fsp3) is 0.878. The van der Waals surface area contributed by atoms with Crippen molar-refractivity contribution in [3.8, 4) is 22.5 Å². The highest BCUT2D eigenvalue weighted by Crippen LogP contribution is 2.45. The van der Waals surface area contributed by atoms with Crippen LogP contribution in [0.2, 0.25) is 0 Å². The number of aliphatic hydroxyl groups is 34. The van der Waals surface area contributed by atoms with E-state index in [9.17, 15) is 174 Å². The number of ether oxygens (including phenoxy) is 24. The largest absolute Gasteiger partial charge is 0.394 e. The zero-order valence-electron chi connectivity index (χ0n) is 76.3. The maximum atomic E-state index is 12.3. The van der Waals surface area contributed by atoms with Crippen molar-refractivity contribution >= 4 is 0 Å². The highest BCUT2D eigenvalue weighted by atomic mass is 16.8. The Morgan fingerprint density at radius 1 is 0.178 bits per heavy atom. The number of aromatic nitrogens is 6. The Labute approximate surface area is 821 Å². The predicted molar refractivity (Wildman–Crippen MR) is 442 cm³/mol. The molecule has 0 saturated carbocycles. The van der Waals surface area contributed by atoms with Crippen molar-refractivity contribution in [2.24, 2.45) is 0 Å². The van der Waals surface area contributed by atoms with Crippen LogP contribution in [0.1, 0.15) is 0 Å². The fourth-order valence-electron chi connectivity index (χ4n) is 20.1. The quantitative estimate of drug-likeness (QED) is 0.0633. The normalized spacial score (nSPS) is 51.3.